The number of anilines is 1. The van der Waals surface area contributed by atoms with Crippen molar-refractivity contribution in [2.45, 2.75) is 19.3 Å². The number of carbonyl (C=O) groups excluding carboxylic acids is 1. The molecule has 0 aliphatic carbocycles. The van der Waals surface area contributed by atoms with Gasteiger partial charge in [0, 0.05) is 6.20 Å². The number of pyridine rings is 1. The second-order valence-corrected chi connectivity index (χ2v) is 5.05. The molecule has 6 nitrogen and oxygen atoms in total. The fourth-order valence-electron chi connectivity index (χ4n) is 1.48. The molecule has 2 aromatic rings. The van der Waals surface area contributed by atoms with Crippen molar-refractivity contribution in [2.75, 3.05) is 5.43 Å². The summed E-state index contributed by atoms with van der Waals surface area (Å²) in [5.74, 6) is 0.304. The first-order valence-corrected chi connectivity index (χ1v) is 6.35. The zero-order valence-electron chi connectivity index (χ0n) is 11.1. The Morgan fingerprint density at radius 2 is 2.00 bits per heavy atom. The summed E-state index contributed by atoms with van der Waals surface area (Å²) in [7, 11) is 0. The first-order chi connectivity index (χ1) is 9.50. The largest absolute Gasteiger partial charge is 0.282 e. The predicted molar refractivity (Wildman–Crippen MR) is 76.1 cm³/mol. The first-order valence-electron chi connectivity index (χ1n) is 5.97. The molecule has 0 saturated heterocycles. The number of hydrazine groups is 1. The third-order valence-corrected chi connectivity index (χ3v) is 3.01. The van der Waals surface area contributed by atoms with E-state index in [9.17, 15) is 4.79 Å². The number of carbonyl (C=O) groups is 1. The van der Waals surface area contributed by atoms with Crippen LogP contribution in [0.4, 0.5) is 5.82 Å². The molecule has 0 aliphatic heterocycles. The highest BCUT2D eigenvalue weighted by atomic mass is 35.5. The summed E-state index contributed by atoms with van der Waals surface area (Å²) >= 11 is 5.69. The van der Waals surface area contributed by atoms with Gasteiger partial charge in [-0.05, 0) is 38.1 Å². The van der Waals surface area contributed by atoms with E-state index in [1.165, 1.54) is 0 Å². The van der Waals surface area contributed by atoms with Gasteiger partial charge in [0.05, 0.1) is 11.1 Å². The van der Waals surface area contributed by atoms with Crippen molar-refractivity contribution < 1.29 is 4.79 Å². The molecule has 0 fully saturated rings. The van der Waals surface area contributed by atoms with Gasteiger partial charge in [-0.15, -0.1) is 5.10 Å². The van der Waals surface area contributed by atoms with Crippen LogP contribution < -0.4 is 10.9 Å². The van der Waals surface area contributed by atoms with E-state index >= 15 is 0 Å². The van der Waals surface area contributed by atoms with E-state index in [2.05, 4.69) is 26.0 Å². The molecule has 0 spiro atoms. The molecule has 1 amide bonds. The van der Waals surface area contributed by atoms with Crippen LogP contribution in [0.3, 0.4) is 0 Å². The van der Waals surface area contributed by atoms with Crippen LogP contribution in [0, 0.1) is 0 Å². The average molecular weight is 292 g/mol. The van der Waals surface area contributed by atoms with Crippen LogP contribution in [-0.4, -0.2) is 21.1 Å². The van der Waals surface area contributed by atoms with E-state index in [1.54, 1.807) is 44.3 Å². The Morgan fingerprint density at radius 3 is 2.60 bits per heavy atom. The van der Waals surface area contributed by atoms with Gasteiger partial charge >= 0.3 is 0 Å². The van der Waals surface area contributed by atoms with Gasteiger partial charge in [-0.2, -0.15) is 5.10 Å². The van der Waals surface area contributed by atoms with Gasteiger partial charge in [0.2, 0.25) is 5.91 Å². The molecule has 7 heteroatoms. The Balaban J connectivity index is 2.05. The zero-order chi connectivity index (χ0) is 14.6. The second kappa shape index (κ2) is 5.83. The number of hydrogen-bond donors (Lipinski definition) is 2. The summed E-state index contributed by atoms with van der Waals surface area (Å²) in [5.41, 5.74) is 5.03. The lowest BCUT2D eigenvalue weighted by Crippen LogP contribution is -2.43. The smallest absolute Gasteiger partial charge is 0.250 e. The molecule has 20 heavy (non-hydrogen) atoms. The molecular formula is C13H14ClN5O. The number of hydrogen-bond acceptors (Lipinski definition) is 5. The van der Waals surface area contributed by atoms with Crippen molar-refractivity contribution in [3.63, 3.8) is 0 Å². The molecule has 0 atom stereocenters. The monoisotopic (exact) mass is 291 g/mol. The lowest BCUT2D eigenvalue weighted by atomic mass is 9.88. The Hall–Kier alpha value is -2.21. The van der Waals surface area contributed by atoms with Crippen molar-refractivity contribution in [1.29, 1.82) is 0 Å². The van der Waals surface area contributed by atoms with Crippen LogP contribution in [0.2, 0.25) is 5.15 Å². The quantitative estimate of drug-likeness (QED) is 0.842. The minimum atomic E-state index is -0.848. The summed E-state index contributed by atoms with van der Waals surface area (Å²) in [5, 5.41) is 7.98. The Labute approximate surface area is 121 Å². The van der Waals surface area contributed by atoms with Gasteiger partial charge in [-0.25, -0.2) is 4.98 Å². The highest BCUT2D eigenvalue weighted by Crippen LogP contribution is 2.21. The Kier molecular flexibility index (Phi) is 4.14. The molecule has 2 N–H and O–H groups in total. The van der Waals surface area contributed by atoms with Crippen LogP contribution in [0.5, 0.6) is 0 Å². The van der Waals surface area contributed by atoms with Gasteiger partial charge in [-0.3, -0.25) is 15.6 Å². The third kappa shape index (κ3) is 3.21. The van der Waals surface area contributed by atoms with Crippen molar-refractivity contribution in [2.24, 2.45) is 0 Å². The molecule has 0 aromatic carbocycles. The summed E-state index contributed by atoms with van der Waals surface area (Å²) in [6, 6.07) is 8.63. The van der Waals surface area contributed by atoms with Crippen molar-refractivity contribution in [3.8, 4) is 0 Å². The molecule has 0 unspecified atom stereocenters. The maximum Gasteiger partial charge on any atom is 0.250 e. The first kappa shape index (κ1) is 14.2. The lowest BCUT2D eigenvalue weighted by molar-refractivity contribution is -0.125. The van der Waals surface area contributed by atoms with Gasteiger partial charge in [-0.1, -0.05) is 17.7 Å². The van der Waals surface area contributed by atoms with E-state index < -0.39 is 5.41 Å². The van der Waals surface area contributed by atoms with Crippen LogP contribution >= 0.6 is 11.6 Å². The van der Waals surface area contributed by atoms with Gasteiger partial charge in [0.25, 0.3) is 0 Å². The van der Waals surface area contributed by atoms with E-state index in [0.29, 0.717) is 11.5 Å². The predicted octanol–water partition coefficient (Wildman–Crippen LogP) is 1.95. The third-order valence-electron chi connectivity index (χ3n) is 2.81. The average Bonchev–Trinajstić information content (AvgIpc) is 2.46. The van der Waals surface area contributed by atoms with Gasteiger partial charge < -0.3 is 0 Å². The highest BCUT2D eigenvalue weighted by Gasteiger charge is 2.31. The summed E-state index contributed by atoms with van der Waals surface area (Å²) < 4.78 is 0. The summed E-state index contributed by atoms with van der Waals surface area (Å²) in [6.45, 7) is 3.50. The minimum Gasteiger partial charge on any atom is -0.282 e. The van der Waals surface area contributed by atoms with E-state index in [-0.39, 0.29) is 11.1 Å². The number of aromatic nitrogens is 3. The van der Waals surface area contributed by atoms with E-state index in [0.717, 1.165) is 0 Å². The number of amides is 1. The zero-order valence-corrected chi connectivity index (χ0v) is 11.8. The molecule has 0 bridgehead atoms. The van der Waals surface area contributed by atoms with Crippen LogP contribution in [-0.2, 0) is 10.2 Å². The molecule has 2 aromatic heterocycles. The summed E-state index contributed by atoms with van der Waals surface area (Å²) in [6.07, 6.45) is 1.63. The van der Waals surface area contributed by atoms with Crippen molar-refractivity contribution in [1.82, 2.24) is 20.6 Å². The van der Waals surface area contributed by atoms with Crippen LogP contribution in [0.1, 0.15) is 19.5 Å². The Morgan fingerprint density at radius 1 is 1.20 bits per heavy atom. The SMILES string of the molecule is CC(C)(C(=O)NNc1ccccn1)c1ccc(Cl)nn1. The van der Waals surface area contributed by atoms with Gasteiger partial charge in [0.15, 0.2) is 5.15 Å². The number of rotatable bonds is 4. The number of nitrogens with one attached hydrogen (secondary N) is 2. The van der Waals surface area contributed by atoms with E-state index in [1.807, 2.05) is 6.07 Å². The number of nitrogens with zero attached hydrogens (tertiary/aromatic N) is 3. The van der Waals surface area contributed by atoms with Crippen molar-refractivity contribution >= 4 is 23.3 Å². The second-order valence-electron chi connectivity index (χ2n) is 4.66. The van der Waals surface area contributed by atoms with E-state index in [4.69, 9.17) is 11.6 Å². The maximum absolute atomic E-state index is 12.2. The molecule has 0 saturated carbocycles. The molecule has 0 aliphatic rings. The fraction of sp³-hybridized carbons (Fsp3) is 0.231. The Bertz CT molecular complexity index is 585. The van der Waals surface area contributed by atoms with Crippen molar-refractivity contribution in [3.05, 3.63) is 47.4 Å². The molecule has 104 valence electrons. The summed E-state index contributed by atoms with van der Waals surface area (Å²) in [4.78, 5) is 16.3. The number of halogens is 1. The van der Waals surface area contributed by atoms with Crippen LogP contribution in [0.15, 0.2) is 36.5 Å². The lowest BCUT2D eigenvalue weighted by Gasteiger charge is -2.22. The standard InChI is InChI=1S/C13H14ClN5O/c1-13(2,9-6-7-10(14)17-16-9)12(20)19-18-11-5-3-4-8-15-11/h3-8H,1-2H3,(H,15,18)(H,19,20). The molecule has 2 heterocycles. The highest BCUT2D eigenvalue weighted by molar-refractivity contribution is 6.29. The topological polar surface area (TPSA) is 79.8 Å². The molecular weight excluding hydrogens is 278 g/mol. The molecule has 2 rings (SSSR count). The minimum absolute atomic E-state index is 0.250. The fourth-order valence-corrected chi connectivity index (χ4v) is 1.58. The normalized spacial score (nSPS) is 10.9. The van der Waals surface area contributed by atoms with Crippen LogP contribution in [0.25, 0.3) is 0 Å². The maximum atomic E-state index is 12.2. The van der Waals surface area contributed by atoms with Gasteiger partial charge in [0.1, 0.15) is 5.82 Å². The molecule has 0 radical (unpaired) electrons.